The number of benzene rings is 2. The number of hydrogen-bond acceptors (Lipinski definition) is 1. The zero-order valence-electron chi connectivity index (χ0n) is 12.6. The lowest BCUT2D eigenvalue weighted by Crippen LogP contribution is -2.48. The minimum atomic E-state index is -1.52. The molecule has 104 valence electrons. The first-order valence-corrected chi connectivity index (χ1v) is 10.2. The summed E-state index contributed by atoms with van der Waals surface area (Å²) in [4.78, 5) is 2.44. The smallest absolute Gasteiger partial charge is 0.0962 e. The van der Waals surface area contributed by atoms with Crippen molar-refractivity contribution in [3.63, 3.8) is 0 Å². The summed E-state index contributed by atoms with van der Waals surface area (Å²) in [6, 6.07) is 21.2. The van der Waals surface area contributed by atoms with Gasteiger partial charge in [-0.05, 0) is 31.2 Å². The minimum Gasteiger partial charge on any atom is -0.341 e. The van der Waals surface area contributed by atoms with E-state index in [1.807, 2.05) is 0 Å². The van der Waals surface area contributed by atoms with Gasteiger partial charge < -0.3 is 4.90 Å². The Balaban J connectivity index is 2.48. The van der Waals surface area contributed by atoms with E-state index < -0.39 is 8.07 Å². The molecule has 20 heavy (non-hydrogen) atoms. The Morgan fingerprint density at radius 1 is 0.900 bits per heavy atom. The second kappa shape index (κ2) is 6.10. The van der Waals surface area contributed by atoms with Crippen molar-refractivity contribution in [1.82, 2.24) is 0 Å². The van der Waals surface area contributed by atoms with Crippen LogP contribution in [0.15, 0.2) is 72.9 Å². The van der Waals surface area contributed by atoms with Crippen molar-refractivity contribution in [3.8, 4) is 0 Å². The molecule has 0 aromatic heterocycles. The molecule has 0 N–H and O–H groups in total. The Labute approximate surface area is 123 Å². The molecule has 0 bridgehead atoms. The molecule has 2 heteroatoms. The van der Waals surface area contributed by atoms with E-state index in [9.17, 15) is 0 Å². The third kappa shape index (κ3) is 3.02. The van der Waals surface area contributed by atoms with Gasteiger partial charge in [-0.2, -0.15) is 0 Å². The van der Waals surface area contributed by atoms with Crippen LogP contribution in [0.1, 0.15) is 6.92 Å². The lowest BCUT2D eigenvalue weighted by Gasteiger charge is -2.39. The summed E-state index contributed by atoms with van der Waals surface area (Å²) >= 11 is 0. The van der Waals surface area contributed by atoms with E-state index in [1.165, 1.54) is 11.4 Å². The summed E-state index contributed by atoms with van der Waals surface area (Å²) < 4.78 is 0. The maximum absolute atomic E-state index is 4.06. The van der Waals surface area contributed by atoms with Crippen LogP contribution in [0, 0.1) is 0 Å². The van der Waals surface area contributed by atoms with Crippen LogP contribution in [0.3, 0.4) is 0 Å². The van der Waals surface area contributed by atoms with Crippen LogP contribution < -0.4 is 4.90 Å². The quantitative estimate of drug-likeness (QED) is 0.682. The molecule has 2 rings (SSSR count). The van der Waals surface area contributed by atoms with E-state index in [0.717, 1.165) is 0 Å². The van der Waals surface area contributed by atoms with E-state index in [4.69, 9.17) is 0 Å². The summed E-state index contributed by atoms with van der Waals surface area (Å²) in [5, 5.41) is 0. The van der Waals surface area contributed by atoms with Crippen molar-refractivity contribution >= 4 is 19.4 Å². The summed E-state index contributed by atoms with van der Waals surface area (Å²) in [5.41, 5.74) is 5.11. The Kier molecular flexibility index (Phi) is 4.45. The summed E-state index contributed by atoms with van der Waals surface area (Å²) in [6.07, 6.45) is 0. The normalized spacial score (nSPS) is 12.8. The summed E-state index contributed by atoms with van der Waals surface area (Å²) in [6.45, 7) is 11.1. The van der Waals surface area contributed by atoms with Crippen LogP contribution >= 0.6 is 0 Å². The highest BCUT2D eigenvalue weighted by Crippen LogP contribution is 2.31. The molecule has 1 nitrogen and oxygen atoms in total. The Morgan fingerprint density at radius 3 is 1.65 bits per heavy atom. The predicted octanol–water partition coefficient (Wildman–Crippen LogP) is 5.19. The first-order valence-electron chi connectivity index (χ1n) is 7.09. The molecule has 1 unspecified atom stereocenters. The molecule has 2 aromatic rings. The summed E-state index contributed by atoms with van der Waals surface area (Å²) in [7, 11) is -1.52. The van der Waals surface area contributed by atoms with Crippen LogP contribution in [0.2, 0.25) is 13.1 Å². The van der Waals surface area contributed by atoms with E-state index in [-0.39, 0.29) is 0 Å². The highest BCUT2D eigenvalue weighted by atomic mass is 28.3. The van der Waals surface area contributed by atoms with Gasteiger partial charge >= 0.3 is 0 Å². The average Bonchev–Trinajstić information content (AvgIpc) is 2.49. The number of hydrogen-bond donors (Lipinski definition) is 0. The fourth-order valence-electron chi connectivity index (χ4n) is 2.28. The number of nitrogens with zero attached hydrogens (tertiary/aromatic N) is 1. The second-order valence-corrected chi connectivity index (χ2v) is 10.6. The Bertz CT molecular complexity index is 509. The molecule has 0 amide bonds. The van der Waals surface area contributed by atoms with Gasteiger partial charge in [-0.15, -0.1) is 6.58 Å². The van der Waals surface area contributed by atoms with Gasteiger partial charge in [0.05, 0.1) is 8.07 Å². The highest BCUT2D eigenvalue weighted by Gasteiger charge is 2.31. The highest BCUT2D eigenvalue weighted by molar-refractivity contribution is 6.84. The third-order valence-corrected chi connectivity index (χ3v) is 7.52. The number of anilines is 2. The molecular weight excluding hydrogens is 258 g/mol. The lowest BCUT2D eigenvalue weighted by atomic mass is 10.2. The molecule has 0 aliphatic heterocycles. The fraction of sp³-hybridized carbons (Fsp3) is 0.222. The van der Waals surface area contributed by atoms with Gasteiger partial charge in [-0.1, -0.05) is 55.2 Å². The van der Waals surface area contributed by atoms with Gasteiger partial charge in [0, 0.05) is 17.0 Å². The van der Waals surface area contributed by atoms with Gasteiger partial charge in [-0.3, -0.25) is 0 Å². The molecule has 0 fully saturated rings. The second-order valence-electron chi connectivity index (χ2n) is 5.74. The predicted molar refractivity (Wildman–Crippen MR) is 92.2 cm³/mol. The van der Waals surface area contributed by atoms with Crippen molar-refractivity contribution < 1.29 is 0 Å². The maximum atomic E-state index is 4.06. The largest absolute Gasteiger partial charge is 0.341 e. The molecule has 1 atom stereocenters. The van der Waals surface area contributed by atoms with Crippen LogP contribution in [-0.4, -0.2) is 13.7 Å². The van der Waals surface area contributed by atoms with Crippen molar-refractivity contribution in [1.29, 1.82) is 0 Å². The third-order valence-electron chi connectivity index (χ3n) is 4.06. The van der Waals surface area contributed by atoms with Gasteiger partial charge in [0.25, 0.3) is 0 Å². The van der Waals surface area contributed by atoms with Gasteiger partial charge in [0.15, 0.2) is 0 Å². The zero-order valence-corrected chi connectivity index (χ0v) is 13.6. The fourth-order valence-corrected chi connectivity index (χ4v) is 3.58. The average molecular weight is 281 g/mol. The number of para-hydroxylation sites is 2. The number of rotatable bonds is 5. The van der Waals surface area contributed by atoms with Gasteiger partial charge in [0.2, 0.25) is 0 Å². The molecule has 0 spiro atoms. The van der Waals surface area contributed by atoms with Crippen LogP contribution in [0.25, 0.3) is 0 Å². The van der Waals surface area contributed by atoms with E-state index >= 15 is 0 Å². The first kappa shape index (κ1) is 14.6. The minimum absolute atomic E-state index is 0.449. The van der Waals surface area contributed by atoms with E-state index in [2.05, 4.69) is 97.9 Å². The summed E-state index contributed by atoms with van der Waals surface area (Å²) in [5.74, 6) is 0. The zero-order chi connectivity index (χ0) is 14.6. The molecule has 0 radical (unpaired) electrons. The van der Waals surface area contributed by atoms with E-state index in [1.54, 1.807) is 0 Å². The molecule has 0 aliphatic carbocycles. The Hall–Kier alpha value is -1.80. The van der Waals surface area contributed by atoms with Gasteiger partial charge in [-0.25, -0.2) is 0 Å². The molecular formula is C18H23NSi. The molecule has 0 heterocycles. The Morgan fingerprint density at radius 2 is 1.30 bits per heavy atom. The van der Waals surface area contributed by atoms with Crippen molar-refractivity contribution in [2.75, 3.05) is 4.90 Å². The SMILES string of the molecule is C=C[Si](C)(C)C(C)N(c1ccccc1)c1ccccc1. The standard InChI is InChI=1S/C18H23NSi/c1-5-20(3,4)16(2)19(17-12-8-6-9-13-17)18-14-10-7-11-15-18/h5-16H,1H2,2-4H3. The molecule has 2 aromatic carbocycles. The van der Waals surface area contributed by atoms with Crippen molar-refractivity contribution in [2.45, 2.75) is 25.7 Å². The maximum Gasteiger partial charge on any atom is 0.0962 e. The molecule has 0 aliphatic rings. The van der Waals surface area contributed by atoms with Gasteiger partial charge in [0.1, 0.15) is 0 Å². The monoisotopic (exact) mass is 281 g/mol. The molecule has 0 saturated carbocycles. The van der Waals surface area contributed by atoms with Crippen LogP contribution in [-0.2, 0) is 0 Å². The van der Waals surface area contributed by atoms with Crippen molar-refractivity contribution in [2.24, 2.45) is 0 Å². The van der Waals surface area contributed by atoms with Crippen molar-refractivity contribution in [3.05, 3.63) is 72.9 Å². The first-order chi connectivity index (χ1) is 9.56. The molecule has 0 saturated heterocycles. The van der Waals surface area contributed by atoms with E-state index in [0.29, 0.717) is 5.67 Å². The van der Waals surface area contributed by atoms with Crippen LogP contribution in [0.4, 0.5) is 11.4 Å². The van der Waals surface area contributed by atoms with Crippen LogP contribution in [0.5, 0.6) is 0 Å². The topological polar surface area (TPSA) is 3.24 Å². The lowest BCUT2D eigenvalue weighted by molar-refractivity contribution is 0.909.